The molecule has 5 nitrogen and oxygen atoms in total. The Morgan fingerprint density at radius 3 is 2.61 bits per heavy atom. The Morgan fingerprint density at radius 2 is 1.82 bits per heavy atom. The molecule has 2 aromatic rings. The third kappa shape index (κ3) is 4.62. The highest BCUT2D eigenvalue weighted by atomic mass is 19.1. The Bertz CT molecular complexity index is 795. The Hall–Kier alpha value is -2.60. The van der Waals surface area contributed by atoms with E-state index in [0.29, 0.717) is 25.6 Å². The number of hydrogen-bond donors (Lipinski definition) is 1. The Morgan fingerprint density at radius 1 is 1.07 bits per heavy atom. The highest BCUT2D eigenvalue weighted by molar-refractivity contribution is 5.75. The SMILES string of the molecule is O=C(NC[C@H]1CCN(Cc2ccccc2)C1)N1CC(Oc2ccccc2F)C1. The number of amides is 2. The predicted molar refractivity (Wildman–Crippen MR) is 106 cm³/mol. The van der Waals surface area contributed by atoms with E-state index in [4.69, 9.17) is 4.74 Å². The van der Waals surface area contributed by atoms with Gasteiger partial charge in [-0.15, -0.1) is 0 Å². The molecule has 2 saturated heterocycles. The van der Waals surface area contributed by atoms with Crippen LogP contribution in [0.25, 0.3) is 0 Å². The Kier molecular flexibility index (Phi) is 5.76. The topological polar surface area (TPSA) is 44.8 Å². The van der Waals surface area contributed by atoms with Crippen molar-refractivity contribution in [1.29, 1.82) is 0 Å². The number of rotatable bonds is 6. The average Bonchev–Trinajstić information content (AvgIpc) is 3.12. The number of benzene rings is 2. The van der Waals surface area contributed by atoms with Gasteiger partial charge in [-0.2, -0.15) is 0 Å². The van der Waals surface area contributed by atoms with Gasteiger partial charge >= 0.3 is 6.03 Å². The average molecular weight is 383 g/mol. The summed E-state index contributed by atoms with van der Waals surface area (Å²) in [6, 6.07) is 16.8. The number of nitrogens with one attached hydrogen (secondary N) is 1. The molecule has 2 aliphatic rings. The molecule has 6 heteroatoms. The number of hydrogen-bond acceptors (Lipinski definition) is 3. The van der Waals surface area contributed by atoms with Gasteiger partial charge in [0.2, 0.25) is 0 Å². The second kappa shape index (κ2) is 8.61. The molecule has 0 aliphatic carbocycles. The fraction of sp³-hybridized carbons (Fsp3) is 0.409. The van der Waals surface area contributed by atoms with Crippen LogP contribution in [0.5, 0.6) is 5.75 Å². The van der Waals surface area contributed by atoms with Crippen LogP contribution < -0.4 is 10.1 Å². The maximum absolute atomic E-state index is 13.6. The van der Waals surface area contributed by atoms with Crippen molar-refractivity contribution < 1.29 is 13.9 Å². The zero-order valence-corrected chi connectivity index (χ0v) is 15.9. The van der Waals surface area contributed by atoms with Crippen LogP contribution >= 0.6 is 0 Å². The van der Waals surface area contributed by atoms with Crippen molar-refractivity contribution in [1.82, 2.24) is 15.1 Å². The lowest BCUT2D eigenvalue weighted by atomic mass is 10.1. The molecule has 0 saturated carbocycles. The summed E-state index contributed by atoms with van der Waals surface area (Å²) in [6.45, 7) is 4.72. The van der Waals surface area contributed by atoms with Gasteiger partial charge < -0.3 is 15.0 Å². The van der Waals surface area contributed by atoms with E-state index in [1.165, 1.54) is 11.6 Å². The van der Waals surface area contributed by atoms with Crippen LogP contribution in [0.15, 0.2) is 54.6 Å². The number of likely N-dealkylation sites (tertiary alicyclic amines) is 2. The van der Waals surface area contributed by atoms with Gasteiger partial charge in [-0.3, -0.25) is 4.90 Å². The van der Waals surface area contributed by atoms with Crippen molar-refractivity contribution >= 4 is 6.03 Å². The van der Waals surface area contributed by atoms with Gasteiger partial charge in [0.1, 0.15) is 6.10 Å². The molecule has 0 spiro atoms. The van der Waals surface area contributed by atoms with E-state index in [1.54, 1.807) is 23.1 Å². The molecule has 2 heterocycles. The van der Waals surface area contributed by atoms with Crippen molar-refractivity contribution in [2.24, 2.45) is 5.92 Å². The predicted octanol–water partition coefficient (Wildman–Crippen LogP) is 3.12. The highest BCUT2D eigenvalue weighted by Crippen LogP contribution is 2.22. The lowest BCUT2D eigenvalue weighted by Crippen LogP contribution is -2.59. The largest absolute Gasteiger partial charge is 0.484 e. The minimum Gasteiger partial charge on any atom is -0.484 e. The summed E-state index contributed by atoms with van der Waals surface area (Å²) in [4.78, 5) is 16.4. The van der Waals surface area contributed by atoms with E-state index < -0.39 is 0 Å². The number of para-hydroxylation sites is 1. The van der Waals surface area contributed by atoms with Crippen LogP contribution in [0.4, 0.5) is 9.18 Å². The van der Waals surface area contributed by atoms with Crippen LogP contribution in [-0.2, 0) is 6.54 Å². The molecule has 148 valence electrons. The fourth-order valence-electron chi connectivity index (χ4n) is 3.81. The third-order valence-corrected chi connectivity index (χ3v) is 5.43. The molecule has 0 unspecified atom stereocenters. The van der Waals surface area contributed by atoms with Gasteiger partial charge in [0.05, 0.1) is 13.1 Å². The van der Waals surface area contributed by atoms with E-state index in [2.05, 4.69) is 34.5 Å². The molecule has 0 bridgehead atoms. The Balaban J connectivity index is 1.15. The molecular formula is C22H26FN3O2. The van der Waals surface area contributed by atoms with Crippen molar-refractivity contribution in [3.05, 3.63) is 66.0 Å². The number of nitrogens with zero attached hydrogens (tertiary/aromatic N) is 2. The van der Waals surface area contributed by atoms with E-state index in [9.17, 15) is 9.18 Å². The van der Waals surface area contributed by atoms with Crippen molar-refractivity contribution in [2.75, 3.05) is 32.7 Å². The lowest BCUT2D eigenvalue weighted by Gasteiger charge is -2.39. The van der Waals surface area contributed by atoms with Crippen molar-refractivity contribution in [3.63, 3.8) is 0 Å². The second-order valence-corrected chi connectivity index (χ2v) is 7.64. The zero-order chi connectivity index (χ0) is 19.3. The number of halogens is 1. The number of ether oxygens (including phenoxy) is 1. The summed E-state index contributed by atoms with van der Waals surface area (Å²) >= 11 is 0. The summed E-state index contributed by atoms with van der Waals surface area (Å²) in [5.41, 5.74) is 1.33. The van der Waals surface area contributed by atoms with Gasteiger partial charge in [0, 0.05) is 19.6 Å². The summed E-state index contributed by atoms with van der Waals surface area (Å²) in [5.74, 6) is 0.364. The van der Waals surface area contributed by atoms with Gasteiger partial charge in [-0.05, 0) is 36.6 Å². The first kappa shape index (κ1) is 18.7. The van der Waals surface area contributed by atoms with Gasteiger partial charge in [0.25, 0.3) is 0 Å². The van der Waals surface area contributed by atoms with Gasteiger partial charge in [-0.25, -0.2) is 9.18 Å². The number of carbonyl (C=O) groups is 1. The molecule has 1 N–H and O–H groups in total. The second-order valence-electron chi connectivity index (χ2n) is 7.64. The molecule has 28 heavy (non-hydrogen) atoms. The summed E-state index contributed by atoms with van der Waals surface area (Å²) in [7, 11) is 0. The number of carbonyl (C=O) groups excluding carboxylic acids is 1. The van der Waals surface area contributed by atoms with Crippen LogP contribution in [0.3, 0.4) is 0 Å². The standard InChI is InChI=1S/C22H26FN3O2/c23-20-8-4-5-9-21(20)28-19-15-26(16-19)22(27)24-12-18-10-11-25(14-18)13-17-6-2-1-3-7-17/h1-9,18-19H,10-16H2,(H,24,27)/t18-/m1/s1. The van der Waals surface area contributed by atoms with Crippen LogP contribution in [0.2, 0.25) is 0 Å². The van der Waals surface area contributed by atoms with Gasteiger partial charge in [0.15, 0.2) is 11.6 Å². The Labute approximate surface area is 165 Å². The minimum absolute atomic E-state index is 0.0603. The lowest BCUT2D eigenvalue weighted by molar-refractivity contribution is 0.0416. The zero-order valence-electron chi connectivity index (χ0n) is 15.9. The molecule has 4 rings (SSSR count). The maximum atomic E-state index is 13.6. The molecule has 2 amide bonds. The smallest absolute Gasteiger partial charge is 0.317 e. The van der Waals surface area contributed by atoms with Crippen molar-refractivity contribution in [3.8, 4) is 5.75 Å². The molecular weight excluding hydrogens is 357 g/mol. The maximum Gasteiger partial charge on any atom is 0.317 e. The van der Waals surface area contributed by atoms with Crippen LogP contribution in [-0.4, -0.2) is 54.7 Å². The van der Waals surface area contributed by atoms with Crippen LogP contribution in [0, 0.1) is 11.7 Å². The van der Waals surface area contributed by atoms with Crippen LogP contribution in [0.1, 0.15) is 12.0 Å². The van der Waals surface area contributed by atoms with E-state index >= 15 is 0 Å². The molecule has 2 fully saturated rings. The van der Waals surface area contributed by atoms with Crippen molar-refractivity contribution in [2.45, 2.75) is 19.1 Å². The summed E-state index contributed by atoms with van der Waals surface area (Å²) in [6.07, 6.45) is 0.960. The number of urea groups is 1. The van der Waals surface area contributed by atoms with Gasteiger partial charge in [-0.1, -0.05) is 42.5 Å². The first-order chi connectivity index (χ1) is 13.7. The van der Waals surface area contributed by atoms with E-state index in [0.717, 1.165) is 26.1 Å². The molecule has 0 aromatic heterocycles. The monoisotopic (exact) mass is 383 g/mol. The molecule has 2 aromatic carbocycles. The summed E-state index contributed by atoms with van der Waals surface area (Å²) in [5, 5.41) is 3.04. The first-order valence-electron chi connectivity index (χ1n) is 9.87. The molecule has 2 aliphatic heterocycles. The van der Waals surface area contributed by atoms with E-state index in [-0.39, 0.29) is 23.7 Å². The minimum atomic E-state index is -0.369. The molecule has 1 atom stereocenters. The molecule has 0 radical (unpaired) electrons. The normalized spacial score (nSPS) is 20.0. The fourth-order valence-corrected chi connectivity index (χ4v) is 3.81. The quantitative estimate of drug-likeness (QED) is 0.834. The summed E-state index contributed by atoms with van der Waals surface area (Å²) < 4.78 is 19.2. The first-order valence-corrected chi connectivity index (χ1v) is 9.87. The highest BCUT2D eigenvalue weighted by Gasteiger charge is 2.33. The van der Waals surface area contributed by atoms with E-state index in [1.807, 2.05) is 6.07 Å². The third-order valence-electron chi connectivity index (χ3n) is 5.43.